The molecule has 3 heterocycles. The van der Waals surface area contributed by atoms with Crippen LogP contribution in [0.2, 0.25) is 0 Å². The molecule has 4 rings (SSSR count). The van der Waals surface area contributed by atoms with Gasteiger partial charge in [0.1, 0.15) is 11.6 Å². The van der Waals surface area contributed by atoms with Crippen molar-refractivity contribution < 1.29 is 14.1 Å². The van der Waals surface area contributed by atoms with Gasteiger partial charge in [-0.3, -0.25) is 0 Å². The smallest absolute Gasteiger partial charge is 0.338 e. The van der Waals surface area contributed by atoms with Crippen molar-refractivity contribution in [3.05, 3.63) is 65.1 Å². The van der Waals surface area contributed by atoms with E-state index in [1.165, 1.54) is 0 Å². The average molecular weight is 468 g/mol. The van der Waals surface area contributed by atoms with Crippen LogP contribution in [0, 0.1) is 13.8 Å². The number of likely N-dealkylation sites (tertiary alicyclic amines) is 1. The lowest BCUT2D eigenvalue weighted by Crippen LogP contribution is -2.40. The van der Waals surface area contributed by atoms with Gasteiger partial charge in [-0.2, -0.15) is 0 Å². The summed E-state index contributed by atoms with van der Waals surface area (Å²) in [5.74, 6) is 1.98. The summed E-state index contributed by atoms with van der Waals surface area (Å²) in [6, 6.07) is 7.22. The number of piperidine rings is 1. The fourth-order valence-corrected chi connectivity index (χ4v) is 4.49. The molecular weight excluding hydrogens is 438 g/mol. The fraction of sp³-hybridized carbons (Fsp3) is 0.417. The minimum atomic E-state index is -0.333. The number of ether oxygens (including phenoxy) is 1. The lowest BCUT2D eigenvalue weighted by atomic mass is 9.96. The van der Waals surface area contributed by atoms with Crippen LogP contribution in [0.15, 0.2) is 41.2 Å². The zero-order valence-corrected chi connectivity index (χ0v) is 20.0. The first-order valence-electron chi connectivity index (χ1n) is 11.2. The van der Waals surface area contributed by atoms with Crippen molar-refractivity contribution >= 4 is 29.0 Å². The SMILES string of the molecule is CCOC(=O)c1cccc(NC(=S)N2CCC(c3nccn3Cc3c(C)noc3C)CC2)c1. The number of esters is 1. The summed E-state index contributed by atoms with van der Waals surface area (Å²) in [6.45, 7) is 8.45. The summed E-state index contributed by atoms with van der Waals surface area (Å²) in [5.41, 5.74) is 3.32. The standard InChI is InChI=1S/C24H29N5O3S/c1-4-31-23(30)19-6-5-7-20(14-19)26-24(33)28-11-8-18(9-12-28)22-25-10-13-29(22)15-21-16(2)27-32-17(21)3/h5-7,10,13-14,18H,4,8-9,11-12,15H2,1-3H3,(H,26,33). The number of hydrogen-bond donors (Lipinski definition) is 1. The molecule has 1 aromatic carbocycles. The summed E-state index contributed by atoms with van der Waals surface area (Å²) in [5, 5.41) is 7.99. The van der Waals surface area contributed by atoms with Crippen molar-refractivity contribution in [2.45, 2.75) is 46.1 Å². The van der Waals surface area contributed by atoms with Gasteiger partial charge in [-0.15, -0.1) is 0 Å². The van der Waals surface area contributed by atoms with E-state index in [1.807, 2.05) is 38.4 Å². The number of benzene rings is 1. The summed E-state index contributed by atoms with van der Waals surface area (Å²) in [6.07, 6.45) is 5.81. The molecule has 2 aromatic heterocycles. The van der Waals surface area contributed by atoms with Crippen molar-refractivity contribution in [1.82, 2.24) is 19.6 Å². The zero-order valence-electron chi connectivity index (χ0n) is 19.2. The zero-order chi connectivity index (χ0) is 23.4. The van der Waals surface area contributed by atoms with E-state index in [0.717, 1.165) is 54.5 Å². The molecule has 0 atom stereocenters. The number of aromatic nitrogens is 3. The quantitative estimate of drug-likeness (QED) is 0.425. The minimum absolute atomic E-state index is 0.333. The van der Waals surface area contributed by atoms with Crippen LogP contribution in [0.4, 0.5) is 5.69 Å². The summed E-state index contributed by atoms with van der Waals surface area (Å²) in [4.78, 5) is 18.8. The molecule has 1 fully saturated rings. The van der Waals surface area contributed by atoms with Gasteiger partial charge >= 0.3 is 5.97 Å². The molecule has 0 saturated carbocycles. The maximum absolute atomic E-state index is 12.0. The maximum atomic E-state index is 12.0. The molecule has 3 aromatic rings. The largest absolute Gasteiger partial charge is 0.462 e. The molecule has 0 aliphatic carbocycles. The van der Waals surface area contributed by atoms with Gasteiger partial charge in [0.15, 0.2) is 5.11 Å². The van der Waals surface area contributed by atoms with Gasteiger partial charge in [-0.1, -0.05) is 11.2 Å². The maximum Gasteiger partial charge on any atom is 0.338 e. The van der Waals surface area contributed by atoms with Crippen molar-refractivity contribution in [3.8, 4) is 0 Å². The second-order valence-corrected chi connectivity index (χ2v) is 8.60. The predicted octanol–water partition coefficient (Wildman–Crippen LogP) is 4.29. The van der Waals surface area contributed by atoms with Crippen molar-refractivity contribution in [3.63, 3.8) is 0 Å². The van der Waals surface area contributed by atoms with E-state index >= 15 is 0 Å². The number of carbonyl (C=O) groups is 1. The minimum Gasteiger partial charge on any atom is -0.462 e. The normalized spacial score (nSPS) is 14.3. The first kappa shape index (κ1) is 23.0. The van der Waals surface area contributed by atoms with Gasteiger partial charge in [0.2, 0.25) is 0 Å². The van der Waals surface area contributed by atoms with E-state index < -0.39 is 0 Å². The summed E-state index contributed by atoms with van der Waals surface area (Å²) < 4.78 is 12.6. The molecule has 1 N–H and O–H groups in total. The van der Waals surface area contributed by atoms with Gasteiger partial charge < -0.3 is 24.0 Å². The number of anilines is 1. The number of hydrogen-bond acceptors (Lipinski definition) is 6. The molecule has 0 radical (unpaired) electrons. The van der Waals surface area contributed by atoms with Crippen LogP contribution in [0.5, 0.6) is 0 Å². The molecule has 0 spiro atoms. The number of aryl methyl sites for hydroxylation is 2. The van der Waals surface area contributed by atoms with E-state index in [-0.39, 0.29) is 5.97 Å². The van der Waals surface area contributed by atoms with E-state index in [4.69, 9.17) is 21.5 Å². The molecular formula is C24H29N5O3S. The third kappa shape index (κ3) is 5.24. The Morgan fingerprint density at radius 1 is 1.30 bits per heavy atom. The van der Waals surface area contributed by atoms with E-state index in [1.54, 1.807) is 19.1 Å². The van der Waals surface area contributed by atoms with Gasteiger partial charge in [-0.05, 0) is 64.0 Å². The van der Waals surface area contributed by atoms with Crippen LogP contribution < -0.4 is 5.32 Å². The highest BCUT2D eigenvalue weighted by Crippen LogP contribution is 2.28. The van der Waals surface area contributed by atoms with Crippen LogP contribution in [0.1, 0.15) is 58.9 Å². The van der Waals surface area contributed by atoms with Crippen molar-refractivity contribution in [2.24, 2.45) is 0 Å². The monoisotopic (exact) mass is 467 g/mol. The molecule has 8 nitrogen and oxygen atoms in total. The lowest BCUT2D eigenvalue weighted by Gasteiger charge is -2.33. The van der Waals surface area contributed by atoms with E-state index in [2.05, 4.69) is 24.9 Å². The van der Waals surface area contributed by atoms with E-state index in [9.17, 15) is 4.79 Å². The second kappa shape index (κ2) is 10.2. The molecule has 0 amide bonds. The molecule has 33 heavy (non-hydrogen) atoms. The number of nitrogens with zero attached hydrogens (tertiary/aromatic N) is 4. The highest BCUT2D eigenvalue weighted by Gasteiger charge is 2.26. The van der Waals surface area contributed by atoms with Gasteiger partial charge in [-0.25, -0.2) is 9.78 Å². The molecule has 1 saturated heterocycles. The Morgan fingerprint density at radius 3 is 2.79 bits per heavy atom. The third-order valence-corrected chi connectivity index (χ3v) is 6.39. The Bertz CT molecular complexity index is 1110. The van der Waals surface area contributed by atoms with Crippen molar-refractivity contribution in [2.75, 3.05) is 25.0 Å². The predicted molar refractivity (Wildman–Crippen MR) is 129 cm³/mol. The number of rotatable bonds is 6. The second-order valence-electron chi connectivity index (χ2n) is 8.21. The van der Waals surface area contributed by atoms with Gasteiger partial charge in [0.05, 0.1) is 24.4 Å². The topological polar surface area (TPSA) is 85.4 Å². The van der Waals surface area contributed by atoms with Crippen LogP contribution in [0.25, 0.3) is 0 Å². The van der Waals surface area contributed by atoms with Crippen LogP contribution in [-0.2, 0) is 11.3 Å². The summed E-state index contributed by atoms with van der Waals surface area (Å²) in [7, 11) is 0. The van der Waals surface area contributed by atoms with Gasteiger partial charge in [0, 0.05) is 42.7 Å². The molecule has 0 unspecified atom stereocenters. The van der Waals surface area contributed by atoms with Crippen LogP contribution in [-0.4, -0.2) is 50.4 Å². The first-order valence-corrected chi connectivity index (χ1v) is 11.6. The Morgan fingerprint density at radius 2 is 2.09 bits per heavy atom. The molecule has 1 aliphatic rings. The van der Waals surface area contributed by atoms with Gasteiger partial charge in [0.25, 0.3) is 0 Å². The molecule has 174 valence electrons. The average Bonchev–Trinajstić information content (AvgIpc) is 3.41. The molecule has 9 heteroatoms. The fourth-order valence-electron chi connectivity index (χ4n) is 4.19. The molecule has 1 aliphatic heterocycles. The summed E-state index contributed by atoms with van der Waals surface area (Å²) >= 11 is 5.65. The number of imidazole rings is 1. The number of nitrogens with one attached hydrogen (secondary N) is 1. The highest BCUT2D eigenvalue weighted by molar-refractivity contribution is 7.80. The Kier molecular flexibility index (Phi) is 7.08. The first-order chi connectivity index (χ1) is 16.0. The highest BCUT2D eigenvalue weighted by atomic mass is 32.1. The number of thiocarbonyl (C=S) groups is 1. The van der Waals surface area contributed by atoms with E-state index in [0.29, 0.717) is 29.7 Å². The Labute approximate surface area is 198 Å². The number of carbonyl (C=O) groups excluding carboxylic acids is 1. The lowest BCUT2D eigenvalue weighted by molar-refractivity contribution is 0.0526. The van der Waals surface area contributed by atoms with Crippen molar-refractivity contribution in [1.29, 1.82) is 0 Å². The van der Waals surface area contributed by atoms with Crippen LogP contribution in [0.3, 0.4) is 0 Å². The Hall–Kier alpha value is -3.20. The Balaban J connectivity index is 1.35. The van der Waals surface area contributed by atoms with Crippen LogP contribution >= 0.6 is 12.2 Å². The third-order valence-electron chi connectivity index (χ3n) is 6.03. The molecule has 0 bridgehead atoms.